The first-order valence-corrected chi connectivity index (χ1v) is 5.34. The van der Waals surface area contributed by atoms with E-state index in [0.717, 1.165) is 0 Å². The van der Waals surface area contributed by atoms with Gasteiger partial charge in [-0.3, -0.25) is 9.97 Å². The standard InChI is InChI=1S/C12H8N6.CH4/c1-3-7-13-9(5-1)11-15-17-12(18-16-11)10-6-2-4-8-14-10;/h1-8H;1H4. The number of nitrogens with zero attached hydrogens (tertiary/aromatic N) is 6. The molecule has 0 saturated carbocycles. The molecule has 0 aliphatic rings. The largest absolute Gasteiger partial charge is 0.253 e. The van der Waals surface area contributed by atoms with E-state index in [-0.39, 0.29) is 7.43 Å². The van der Waals surface area contributed by atoms with Crippen molar-refractivity contribution < 1.29 is 0 Å². The van der Waals surface area contributed by atoms with Crippen molar-refractivity contribution in [2.75, 3.05) is 0 Å². The van der Waals surface area contributed by atoms with Crippen LogP contribution in [0.5, 0.6) is 0 Å². The molecule has 0 atom stereocenters. The summed E-state index contributed by atoms with van der Waals surface area (Å²) in [6.07, 6.45) is 3.34. The molecule has 0 fully saturated rings. The van der Waals surface area contributed by atoms with Gasteiger partial charge < -0.3 is 0 Å². The first kappa shape index (κ1) is 12.7. The van der Waals surface area contributed by atoms with Crippen LogP contribution in [0.3, 0.4) is 0 Å². The van der Waals surface area contributed by atoms with Crippen LogP contribution in [-0.2, 0) is 0 Å². The molecular weight excluding hydrogens is 240 g/mol. The van der Waals surface area contributed by atoms with Gasteiger partial charge in [-0.25, -0.2) is 0 Å². The molecule has 0 amide bonds. The average Bonchev–Trinajstić information content (AvgIpc) is 2.49. The highest BCUT2D eigenvalue weighted by atomic mass is 15.3. The Morgan fingerprint density at radius 3 is 1.32 bits per heavy atom. The number of hydrogen-bond acceptors (Lipinski definition) is 6. The molecule has 19 heavy (non-hydrogen) atoms. The highest BCUT2D eigenvalue weighted by molar-refractivity contribution is 5.50. The zero-order valence-corrected chi connectivity index (χ0v) is 9.30. The van der Waals surface area contributed by atoms with E-state index in [2.05, 4.69) is 30.4 Å². The summed E-state index contributed by atoms with van der Waals surface area (Å²) in [5.41, 5.74) is 1.29. The van der Waals surface area contributed by atoms with E-state index < -0.39 is 0 Å². The van der Waals surface area contributed by atoms with Crippen LogP contribution in [0.4, 0.5) is 0 Å². The van der Waals surface area contributed by atoms with Gasteiger partial charge in [-0.2, -0.15) is 0 Å². The maximum absolute atomic E-state index is 4.13. The lowest BCUT2D eigenvalue weighted by atomic mass is 10.3. The third-order valence-electron chi connectivity index (χ3n) is 2.27. The van der Waals surface area contributed by atoms with Gasteiger partial charge in [0.1, 0.15) is 11.4 Å². The van der Waals surface area contributed by atoms with E-state index in [1.807, 2.05) is 24.3 Å². The third-order valence-corrected chi connectivity index (χ3v) is 2.27. The molecule has 3 aromatic heterocycles. The third kappa shape index (κ3) is 2.74. The Bertz CT molecular complexity index is 566. The summed E-state index contributed by atoms with van der Waals surface area (Å²) in [6.45, 7) is 0. The predicted molar refractivity (Wildman–Crippen MR) is 70.8 cm³/mol. The van der Waals surface area contributed by atoms with Crippen molar-refractivity contribution in [2.45, 2.75) is 7.43 Å². The molecule has 0 aliphatic carbocycles. The second-order valence-corrected chi connectivity index (χ2v) is 3.48. The SMILES string of the molecule is C.c1ccc(-c2nnc(-c3ccccn3)nn2)nc1. The van der Waals surface area contributed by atoms with Crippen LogP contribution in [0.1, 0.15) is 7.43 Å². The molecule has 0 radical (unpaired) electrons. The fourth-order valence-electron chi connectivity index (χ4n) is 1.42. The molecule has 0 spiro atoms. The lowest BCUT2D eigenvalue weighted by molar-refractivity contribution is 0.865. The minimum atomic E-state index is 0. The normalized spacial score (nSPS) is 9.68. The highest BCUT2D eigenvalue weighted by Crippen LogP contribution is 2.11. The van der Waals surface area contributed by atoms with Crippen LogP contribution in [-0.4, -0.2) is 30.4 Å². The van der Waals surface area contributed by atoms with Crippen LogP contribution in [0.2, 0.25) is 0 Å². The summed E-state index contributed by atoms with van der Waals surface area (Å²) in [6, 6.07) is 11.0. The summed E-state index contributed by atoms with van der Waals surface area (Å²) >= 11 is 0. The zero-order chi connectivity index (χ0) is 12.2. The van der Waals surface area contributed by atoms with E-state index in [1.165, 1.54) is 0 Å². The molecule has 6 nitrogen and oxygen atoms in total. The molecule has 3 aromatic rings. The maximum atomic E-state index is 4.13. The summed E-state index contributed by atoms with van der Waals surface area (Å²) < 4.78 is 0. The first-order valence-electron chi connectivity index (χ1n) is 5.34. The molecular formula is C13H12N6. The Labute approximate surface area is 110 Å². The minimum Gasteiger partial charge on any atom is -0.253 e. The lowest BCUT2D eigenvalue weighted by Crippen LogP contribution is -2.00. The molecule has 3 rings (SSSR count). The molecule has 0 aromatic carbocycles. The van der Waals surface area contributed by atoms with E-state index in [4.69, 9.17) is 0 Å². The lowest BCUT2D eigenvalue weighted by Gasteiger charge is -1.98. The van der Waals surface area contributed by atoms with E-state index in [1.54, 1.807) is 24.5 Å². The van der Waals surface area contributed by atoms with Crippen molar-refractivity contribution >= 4 is 0 Å². The quantitative estimate of drug-likeness (QED) is 0.694. The van der Waals surface area contributed by atoms with Crippen molar-refractivity contribution in [3.63, 3.8) is 0 Å². The van der Waals surface area contributed by atoms with Crippen molar-refractivity contribution in [3.8, 4) is 23.0 Å². The summed E-state index contributed by atoms with van der Waals surface area (Å²) in [7, 11) is 0. The molecule has 0 bridgehead atoms. The van der Waals surface area contributed by atoms with Crippen molar-refractivity contribution in [2.24, 2.45) is 0 Å². The molecule has 3 heterocycles. The second-order valence-electron chi connectivity index (χ2n) is 3.48. The van der Waals surface area contributed by atoms with E-state index >= 15 is 0 Å². The predicted octanol–water partition coefficient (Wildman–Crippen LogP) is 2.03. The minimum absolute atomic E-state index is 0. The average molecular weight is 252 g/mol. The summed E-state index contributed by atoms with van der Waals surface area (Å²) in [5.74, 6) is 0.797. The van der Waals surface area contributed by atoms with Crippen LogP contribution < -0.4 is 0 Å². The molecule has 94 valence electrons. The van der Waals surface area contributed by atoms with E-state index in [9.17, 15) is 0 Å². The number of hydrogen-bond donors (Lipinski definition) is 0. The Balaban J connectivity index is 0.00000133. The van der Waals surface area contributed by atoms with Crippen LogP contribution in [0, 0.1) is 0 Å². The molecule has 0 aliphatic heterocycles. The summed E-state index contributed by atoms with van der Waals surface area (Å²) in [4.78, 5) is 8.26. The van der Waals surface area contributed by atoms with Crippen molar-refractivity contribution in [1.82, 2.24) is 30.4 Å². The molecule has 0 N–H and O–H groups in total. The Hall–Kier alpha value is -2.76. The topological polar surface area (TPSA) is 77.3 Å². The van der Waals surface area contributed by atoms with Gasteiger partial charge in [0.15, 0.2) is 0 Å². The molecule has 0 unspecified atom stereocenters. The smallest absolute Gasteiger partial charge is 0.221 e. The van der Waals surface area contributed by atoms with E-state index in [0.29, 0.717) is 23.0 Å². The first-order chi connectivity index (χ1) is 8.93. The zero-order valence-electron chi connectivity index (χ0n) is 9.30. The molecule has 6 heteroatoms. The van der Waals surface area contributed by atoms with Crippen molar-refractivity contribution in [3.05, 3.63) is 48.8 Å². The maximum Gasteiger partial charge on any atom is 0.221 e. The number of pyridine rings is 2. The Morgan fingerprint density at radius 2 is 1.00 bits per heavy atom. The Kier molecular flexibility index (Phi) is 3.82. The van der Waals surface area contributed by atoms with Gasteiger partial charge in [-0.15, -0.1) is 20.4 Å². The van der Waals surface area contributed by atoms with Gasteiger partial charge in [-0.1, -0.05) is 19.6 Å². The van der Waals surface area contributed by atoms with Crippen molar-refractivity contribution in [1.29, 1.82) is 0 Å². The number of aromatic nitrogens is 6. The summed E-state index contributed by atoms with van der Waals surface area (Å²) in [5, 5.41) is 16.0. The van der Waals surface area contributed by atoms with Crippen LogP contribution in [0.15, 0.2) is 48.8 Å². The highest BCUT2D eigenvalue weighted by Gasteiger charge is 2.07. The van der Waals surface area contributed by atoms with Gasteiger partial charge in [0.05, 0.1) is 0 Å². The monoisotopic (exact) mass is 252 g/mol. The Morgan fingerprint density at radius 1 is 0.579 bits per heavy atom. The fourth-order valence-corrected chi connectivity index (χ4v) is 1.42. The molecule has 0 saturated heterocycles. The van der Waals surface area contributed by atoms with Gasteiger partial charge >= 0.3 is 0 Å². The van der Waals surface area contributed by atoms with Gasteiger partial charge in [-0.05, 0) is 24.3 Å². The van der Waals surface area contributed by atoms with Gasteiger partial charge in [0.2, 0.25) is 11.6 Å². The second kappa shape index (κ2) is 5.72. The van der Waals surface area contributed by atoms with Crippen LogP contribution in [0.25, 0.3) is 23.0 Å². The number of rotatable bonds is 2. The van der Waals surface area contributed by atoms with Crippen LogP contribution >= 0.6 is 0 Å². The fraction of sp³-hybridized carbons (Fsp3) is 0.0769. The van der Waals surface area contributed by atoms with Gasteiger partial charge in [0.25, 0.3) is 0 Å². The van der Waals surface area contributed by atoms with Gasteiger partial charge in [0, 0.05) is 12.4 Å².